The van der Waals surface area contributed by atoms with Gasteiger partial charge in [0, 0.05) is 13.3 Å². The smallest absolute Gasteiger partial charge is 0.364 e. The standard InChI is InChI=1S/C18H31NO13/c1-6-12(24)15(27)14(26)10(31-6)5-30-18(17(28)29)3-8(22)11(19-7(2)21)16(32-18)13(25)9(23)4-20/h6,8-16,20,22-27H,3-5H2,1-2H3,(H,19,21)(H,28,29)/t6-,8+,9+,10?,11+,12?,13+,14-,15+,16?,18+/m0/s1. The summed E-state index contributed by atoms with van der Waals surface area (Å²) in [4.78, 5) is 23.6. The molecular formula is C18H31NO13. The van der Waals surface area contributed by atoms with Crippen LogP contribution in [0.5, 0.6) is 0 Å². The molecule has 11 atom stereocenters. The molecule has 186 valence electrons. The molecular weight excluding hydrogens is 438 g/mol. The average molecular weight is 469 g/mol. The maximum absolute atomic E-state index is 12.1. The van der Waals surface area contributed by atoms with Gasteiger partial charge in [0.25, 0.3) is 5.79 Å². The molecule has 1 amide bonds. The number of carboxylic acids is 1. The van der Waals surface area contributed by atoms with Crippen LogP contribution in [0.4, 0.5) is 0 Å². The zero-order chi connectivity index (χ0) is 24.4. The Hall–Kier alpha value is -1.46. The molecule has 32 heavy (non-hydrogen) atoms. The normalized spacial score (nSPS) is 42.2. The maximum Gasteiger partial charge on any atom is 0.364 e. The Labute approximate surface area is 182 Å². The van der Waals surface area contributed by atoms with Crippen molar-refractivity contribution in [3.05, 3.63) is 0 Å². The van der Waals surface area contributed by atoms with Crippen LogP contribution in [0.2, 0.25) is 0 Å². The number of ether oxygens (including phenoxy) is 3. The van der Waals surface area contributed by atoms with E-state index in [0.29, 0.717) is 0 Å². The van der Waals surface area contributed by atoms with E-state index in [1.54, 1.807) is 0 Å². The van der Waals surface area contributed by atoms with Gasteiger partial charge in [0.1, 0.15) is 42.7 Å². The molecule has 3 unspecified atom stereocenters. The van der Waals surface area contributed by atoms with Crippen LogP contribution in [0.15, 0.2) is 0 Å². The number of carbonyl (C=O) groups is 2. The summed E-state index contributed by atoms with van der Waals surface area (Å²) >= 11 is 0. The second-order valence-electron chi connectivity index (χ2n) is 8.04. The first-order valence-corrected chi connectivity index (χ1v) is 10.0. The number of carbonyl (C=O) groups excluding carboxylic acids is 1. The second-order valence-corrected chi connectivity index (χ2v) is 8.04. The van der Waals surface area contributed by atoms with Crippen LogP contribution in [0, 0.1) is 0 Å². The molecule has 0 aliphatic carbocycles. The van der Waals surface area contributed by atoms with Crippen molar-refractivity contribution in [1.82, 2.24) is 5.32 Å². The molecule has 0 bridgehead atoms. The van der Waals surface area contributed by atoms with E-state index < -0.39 is 98.3 Å². The molecule has 0 aromatic heterocycles. The van der Waals surface area contributed by atoms with E-state index in [4.69, 9.17) is 19.3 Å². The van der Waals surface area contributed by atoms with E-state index in [0.717, 1.165) is 6.92 Å². The van der Waals surface area contributed by atoms with Gasteiger partial charge in [-0.15, -0.1) is 0 Å². The highest BCUT2D eigenvalue weighted by Crippen LogP contribution is 2.34. The lowest BCUT2D eigenvalue weighted by molar-refractivity contribution is -0.324. The van der Waals surface area contributed by atoms with Crippen LogP contribution in [-0.4, -0.2) is 133 Å². The Morgan fingerprint density at radius 3 is 2.31 bits per heavy atom. The minimum absolute atomic E-state index is 0.641. The molecule has 2 saturated heterocycles. The third-order valence-corrected chi connectivity index (χ3v) is 5.62. The predicted octanol–water partition coefficient (Wildman–Crippen LogP) is -4.98. The molecule has 14 nitrogen and oxygen atoms in total. The maximum atomic E-state index is 12.1. The Bertz CT molecular complexity index is 665. The number of hydrogen-bond acceptors (Lipinski definition) is 12. The fraction of sp³-hybridized carbons (Fsp3) is 0.889. The SMILES string of the molecule is CC(=O)N[C@H]1C([C@H](O)[C@H](O)CO)O[C@@](OCC2O[C@@H](C)C(O)[C@@H](O)[C@H]2O)(C(=O)O)C[C@H]1O. The molecule has 2 heterocycles. The third kappa shape index (κ3) is 5.53. The van der Waals surface area contributed by atoms with Gasteiger partial charge in [0.2, 0.25) is 5.91 Å². The largest absolute Gasteiger partial charge is 0.477 e. The molecule has 0 aromatic rings. The number of aliphatic hydroxyl groups excluding tert-OH is 7. The van der Waals surface area contributed by atoms with E-state index in [-0.39, 0.29) is 0 Å². The van der Waals surface area contributed by atoms with Gasteiger partial charge in [-0.05, 0) is 6.92 Å². The Morgan fingerprint density at radius 2 is 1.78 bits per heavy atom. The Kier molecular flexibility index (Phi) is 8.91. The van der Waals surface area contributed by atoms with Crippen molar-refractivity contribution < 1.29 is 64.7 Å². The topological polar surface area (TPSA) is 236 Å². The van der Waals surface area contributed by atoms with Gasteiger partial charge in [-0.3, -0.25) is 4.79 Å². The predicted molar refractivity (Wildman–Crippen MR) is 101 cm³/mol. The number of aliphatic hydroxyl groups is 7. The van der Waals surface area contributed by atoms with Gasteiger partial charge in [-0.1, -0.05) is 0 Å². The summed E-state index contributed by atoms with van der Waals surface area (Å²) in [6.45, 7) is 0.938. The Balaban J connectivity index is 2.27. The number of rotatable bonds is 8. The highest BCUT2D eigenvalue weighted by Gasteiger charge is 2.56. The van der Waals surface area contributed by atoms with Crippen molar-refractivity contribution in [2.24, 2.45) is 0 Å². The van der Waals surface area contributed by atoms with Gasteiger partial charge >= 0.3 is 5.97 Å². The highest BCUT2D eigenvalue weighted by atomic mass is 16.7. The third-order valence-electron chi connectivity index (χ3n) is 5.62. The van der Waals surface area contributed by atoms with Crippen LogP contribution in [0.25, 0.3) is 0 Å². The zero-order valence-corrected chi connectivity index (χ0v) is 17.5. The van der Waals surface area contributed by atoms with E-state index in [1.807, 2.05) is 0 Å². The highest BCUT2D eigenvalue weighted by molar-refractivity contribution is 5.76. The molecule has 2 aliphatic heterocycles. The minimum Gasteiger partial charge on any atom is -0.477 e. The molecule has 2 fully saturated rings. The van der Waals surface area contributed by atoms with Gasteiger partial charge in [-0.25, -0.2) is 4.79 Å². The number of carboxylic acid groups (broad SMARTS) is 1. The van der Waals surface area contributed by atoms with E-state index in [2.05, 4.69) is 5.32 Å². The molecule has 2 rings (SSSR count). The van der Waals surface area contributed by atoms with Crippen LogP contribution < -0.4 is 5.32 Å². The van der Waals surface area contributed by atoms with Gasteiger partial charge in [-0.2, -0.15) is 0 Å². The number of hydrogen-bond donors (Lipinski definition) is 9. The zero-order valence-electron chi connectivity index (χ0n) is 17.5. The lowest BCUT2D eigenvalue weighted by Gasteiger charge is -2.47. The monoisotopic (exact) mass is 469 g/mol. The minimum atomic E-state index is -2.61. The second kappa shape index (κ2) is 10.6. The lowest BCUT2D eigenvalue weighted by Crippen LogP contribution is -2.68. The fourth-order valence-corrected chi connectivity index (χ4v) is 3.77. The van der Waals surface area contributed by atoms with E-state index >= 15 is 0 Å². The molecule has 0 radical (unpaired) electrons. The molecule has 9 N–H and O–H groups in total. The van der Waals surface area contributed by atoms with Crippen LogP contribution in [0.3, 0.4) is 0 Å². The van der Waals surface area contributed by atoms with E-state index in [1.165, 1.54) is 6.92 Å². The average Bonchev–Trinajstić information content (AvgIpc) is 2.73. The van der Waals surface area contributed by atoms with Crippen LogP contribution in [-0.2, 0) is 23.8 Å². The summed E-state index contributed by atoms with van der Waals surface area (Å²) in [6.07, 6.45) is -14.6. The number of amides is 1. The summed E-state index contributed by atoms with van der Waals surface area (Å²) in [6, 6.07) is -1.35. The summed E-state index contributed by atoms with van der Waals surface area (Å²) < 4.78 is 16.2. The summed E-state index contributed by atoms with van der Waals surface area (Å²) in [5.41, 5.74) is 0. The van der Waals surface area contributed by atoms with Crippen molar-refractivity contribution in [3.8, 4) is 0 Å². The number of aliphatic carboxylic acids is 1. The fourth-order valence-electron chi connectivity index (χ4n) is 3.77. The number of nitrogens with one attached hydrogen (secondary N) is 1. The first-order chi connectivity index (χ1) is 14.8. The first-order valence-electron chi connectivity index (χ1n) is 10.0. The Morgan fingerprint density at radius 1 is 1.16 bits per heavy atom. The van der Waals surface area contributed by atoms with Crippen molar-refractivity contribution in [2.75, 3.05) is 13.2 Å². The van der Waals surface area contributed by atoms with Gasteiger partial charge < -0.3 is 60.4 Å². The quantitative estimate of drug-likeness (QED) is 0.162. The lowest BCUT2D eigenvalue weighted by atomic mass is 9.88. The molecule has 14 heteroatoms. The van der Waals surface area contributed by atoms with Crippen LogP contribution in [0.1, 0.15) is 20.3 Å². The summed E-state index contributed by atoms with van der Waals surface area (Å²) in [5, 5.41) is 81.7. The molecule has 0 saturated carbocycles. The molecule has 2 aliphatic rings. The summed E-state index contributed by atoms with van der Waals surface area (Å²) in [5.74, 6) is -4.98. The van der Waals surface area contributed by atoms with Crippen LogP contribution >= 0.6 is 0 Å². The van der Waals surface area contributed by atoms with E-state index in [9.17, 15) is 45.3 Å². The van der Waals surface area contributed by atoms with Gasteiger partial charge in [0.05, 0.1) is 31.5 Å². The van der Waals surface area contributed by atoms with Crippen molar-refractivity contribution >= 4 is 11.9 Å². The van der Waals surface area contributed by atoms with Crippen molar-refractivity contribution in [2.45, 2.75) is 87.0 Å². The van der Waals surface area contributed by atoms with Crippen molar-refractivity contribution in [3.63, 3.8) is 0 Å². The van der Waals surface area contributed by atoms with Crippen molar-refractivity contribution in [1.29, 1.82) is 0 Å². The first kappa shape index (κ1) is 26.8. The van der Waals surface area contributed by atoms with Gasteiger partial charge in [0.15, 0.2) is 0 Å². The summed E-state index contributed by atoms with van der Waals surface area (Å²) in [7, 11) is 0. The molecule has 0 aromatic carbocycles. The molecule has 0 spiro atoms.